The number of nitrogens with zero attached hydrogens (tertiary/aromatic N) is 1. The molecule has 7 heteroatoms. The number of benzene rings is 1. The number of carbonyl (C=O) groups is 3. The Bertz CT molecular complexity index is 1330. The summed E-state index contributed by atoms with van der Waals surface area (Å²) in [6.07, 6.45) is 12.2. The number of ketones is 2. The van der Waals surface area contributed by atoms with E-state index in [9.17, 15) is 14.4 Å². The zero-order valence-electron chi connectivity index (χ0n) is 25.9. The van der Waals surface area contributed by atoms with Crippen molar-refractivity contribution in [3.8, 4) is 0 Å². The predicted molar refractivity (Wildman–Crippen MR) is 170 cm³/mol. The smallest absolute Gasteiger partial charge is 0.317 e. The maximum atomic E-state index is 14.0. The molecule has 3 rings (SSSR count). The van der Waals surface area contributed by atoms with E-state index >= 15 is 0 Å². The molecule has 1 atom stereocenters. The number of fused-ring (bicyclic) bond motifs is 1. The molecule has 0 aliphatic carbocycles. The van der Waals surface area contributed by atoms with Crippen LogP contribution in [0.2, 0.25) is 0 Å². The molecule has 1 unspecified atom stereocenters. The summed E-state index contributed by atoms with van der Waals surface area (Å²) in [5.74, 6) is -1.24. The molecule has 2 aromatic heterocycles. The number of nitrogens with one attached hydrogen (secondary N) is 1. The number of aliphatic carboxylic acids is 1. The van der Waals surface area contributed by atoms with Crippen molar-refractivity contribution in [1.82, 2.24) is 9.72 Å². The number of aryl methyl sites for hydroxylation is 1. The Kier molecular flexibility index (Phi) is 12.5. The van der Waals surface area contributed by atoms with E-state index in [1.165, 1.54) is 5.56 Å². The lowest BCUT2D eigenvalue weighted by Gasteiger charge is -2.35. The van der Waals surface area contributed by atoms with Gasteiger partial charge in [0.25, 0.3) is 0 Å². The standard InChI is InChI=1S/C35H49N3O4/c1-5-8-11-27-22-30-23-28(33(41)25(4)37-24-31(39)40)16-21-38(30)32(27)34(42)26-12-14-29(15-13-26)35(19-20-36,17-9-6-2)18-10-7-3/h12-16,21-23,25,37H,5-11,17-20,24,36H2,1-4H3,(H,39,40). The van der Waals surface area contributed by atoms with Gasteiger partial charge in [-0.05, 0) is 80.3 Å². The van der Waals surface area contributed by atoms with Crippen LogP contribution in [0.4, 0.5) is 0 Å². The molecule has 0 saturated heterocycles. The van der Waals surface area contributed by atoms with E-state index in [1.807, 2.05) is 22.6 Å². The molecule has 4 N–H and O–H groups in total. The van der Waals surface area contributed by atoms with E-state index in [0.717, 1.165) is 75.3 Å². The number of aromatic nitrogens is 1. The first-order valence-electron chi connectivity index (χ1n) is 15.7. The lowest BCUT2D eigenvalue weighted by atomic mass is 9.70. The van der Waals surface area contributed by atoms with Crippen molar-refractivity contribution < 1.29 is 19.5 Å². The van der Waals surface area contributed by atoms with Crippen LogP contribution in [0, 0.1) is 0 Å². The number of Topliss-reactive ketones (excluding diaryl/α,β-unsaturated/α-hetero) is 1. The second-order valence-electron chi connectivity index (χ2n) is 11.6. The maximum absolute atomic E-state index is 14.0. The largest absolute Gasteiger partial charge is 0.480 e. The Balaban J connectivity index is 1.98. The number of unbranched alkanes of at least 4 members (excludes halogenated alkanes) is 3. The first kappa shape index (κ1) is 33.2. The van der Waals surface area contributed by atoms with Gasteiger partial charge >= 0.3 is 5.97 Å². The summed E-state index contributed by atoms with van der Waals surface area (Å²) in [6.45, 7) is 8.59. The summed E-state index contributed by atoms with van der Waals surface area (Å²) in [5.41, 5.74) is 10.9. The molecular weight excluding hydrogens is 526 g/mol. The highest BCUT2D eigenvalue weighted by molar-refractivity contribution is 6.10. The van der Waals surface area contributed by atoms with E-state index in [0.29, 0.717) is 23.4 Å². The fraction of sp³-hybridized carbons (Fsp3) is 0.514. The minimum absolute atomic E-state index is 0.0326. The summed E-state index contributed by atoms with van der Waals surface area (Å²) in [7, 11) is 0. The predicted octanol–water partition coefficient (Wildman–Crippen LogP) is 6.73. The van der Waals surface area contributed by atoms with Crippen LogP contribution in [0.5, 0.6) is 0 Å². The molecule has 228 valence electrons. The normalized spacial score (nSPS) is 12.5. The monoisotopic (exact) mass is 575 g/mol. The molecule has 0 radical (unpaired) electrons. The molecule has 0 aliphatic heterocycles. The molecule has 42 heavy (non-hydrogen) atoms. The average Bonchev–Trinajstić information content (AvgIpc) is 3.37. The highest BCUT2D eigenvalue weighted by atomic mass is 16.4. The van der Waals surface area contributed by atoms with Crippen LogP contribution < -0.4 is 11.1 Å². The van der Waals surface area contributed by atoms with Crippen molar-refractivity contribution in [3.05, 3.63) is 76.6 Å². The van der Waals surface area contributed by atoms with Crippen molar-refractivity contribution in [1.29, 1.82) is 0 Å². The van der Waals surface area contributed by atoms with Gasteiger partial charge in [0.05, 0.1) is 18.3 Å². The molecule has 3 aromatic rings. The van der Waals surface area contributed by atoms with Crippen LogP contribution in [-0.4, -0.2) is 46.2 Å². The Hall–Kier alpha value is -3.29. The Morgan fingerprint density at radius 1 is 0.905 bits per heavy atom. The summed E-state index contributed by atoms with van der Waals surface area (Å²) in [6, 6.07) is 13.1. The number of nitrogens with two attached hydrogens (primary N) is 1. The quantitative estimate of drug-likeness (QED) is 0.137. The third-order valence-electron chi connectivity index (χ3n) is 8.50. The fourth-order valence-corrected chi connectivity index (χ4v) is 6.01. The first-order chi connectivity index (χ1) is 20.2. The Morgan fingerprint density at radius 2 is 1.55 bits per heavy atom. The molecule has 0 spiro atoms. The van der Waals surface area contributed by atoms with Gasteiger partial charge in [-0.3, -0.25) is 19.7 Å². The number of carboxylic acids is 1. The highest BCUT2D eigenvalue weighted by Gasteiger charge is 2.31. The van der Waals surface area contributed by atoms with Gasteiger partial charge in [-0.15, -0.1) is 0 Å². The summed E-state index contributed by atoms with van der Waals surface area (Å²) in [4.78, 5) is 37.9. The van der Waals surface area contributed by atoms with Crippen molar-refractivity contribution in [2.24, 2.45) is 5.73 Å². The Labute approximate surface area is 250 Å². The third kappa shape index (κ3) is 7.96. The number of carboxylic acid groups (broad SMARTS) is 1. The molecule has 0 fully saturated rings. The third-order valence-corrected chi connectivity index (χ3v) is 8.50. The van der Waals surface area contributed by atoms with Crippen molar-refractivity contribution in [2.45, 2.75) is 103 Å². The van der Waals surface area contributed by atoms with Gasteiger partial charge in [-0.1, -0.05) is 77.1 Å². The van der Waals surface area contributed by atoms with Crippen LogP contribution >= 0.6 is 0 Å². The highest BCUT2D eigenvalue weighted by Crippen LogP contribution is 2.38. The molecular formula is C35H49N3O4. The maximum Gasteiger partial charge on any atom is 0.317 e. The van der Waals surface area contributed by atoms with Crippen LogP contribution in [-0.2, 0) is 16.6 Å². The summed E-state index contributed by atoms with van der Waals surface area (Å²) in [5, 5.41) is 11.7. The van der Waals surface area contributed by atoms with Gasteiger partial charge in [-0.2, -0.15) is 0 Å². The van der Waals surface area contributed by atoms with E-state index in [2.05, 4.69) is 38.2 Å². The minimum atomic E-state index is -1.01. The second-order valence-corrected chi connectivity index (χ2v) is 11.6. The van der Waals surface area contributed by atoms with Crippen molar-refractivity contribution in [2.75, 3.05) is 13.1 Å². The molecule has 0 bridgehead atoms. The van der Waals surface area contributed by atoms with Gasteiger partial charge in [0.1, 0.15) is 0 Å². The lowest BCUT2D eigenvalue weighted by Crippen LogP contribution is -2.37. The first-order valence-corrected chi connectivity index (χ1v) is 15.7. The molecule has 0 aliphatic rings. The van der Waals surface area contributed by atoms with Crippen LogP contribution in [0.15, 0.2) is 48.7 Å². The van der Waals surface area contributed by atoms with Crippen molar-refractivity contribution >= 4 is 23.1 Å². The van der Waals surface area contributed by atoms with E-state index in [1.54, 1.807) is 25.3 Å². The molecule has 7 nitrogen and oxygen atoms in total. The van der Waals surface area contributed by atoms with Crippen LogP contribution in [0.1, 0.15) is 123 Å². The van der Waals surface area contributed by atoms with E-state index in [4.69, 9.17) is 10.8 Å². The summed E-state index contributed by atoms with van der Waals surface area (Å²) < 4.78 is 1.88. The SMILES string of the molecule is CCCCc1cc2cc(C(=O)C(C)NCC(=O)O)ccn2c1C(=O)c1ccc(C(CCN)(CCCC)CCCC)cc1. The van der Waals surface area contributed by atoms with Crippen LogP contribution in [0.3, 0.4) is 0 Å². The number of rotatable bonds is 19. The summed E-state index contributed by atoms with van der Waals surface area (Å²) >= 11 is 0. The van der Waals surface area contributed by atoms with Crippen molar-refractivity contribution in [3.63, 3.8) is 0 Å². The van der Waals surface area contributed by atoms with Gasteiger partial charge in [-0.25, -0.2) is 0 Å². The van der Waals surface area contributed by atoms with Gasteiger partial charge in [0.15, 0.2) is 5.78 Å². The topological polar surface area (TPSA) is 114 Å². The van der Waals surface area contributed by atoms with Gasteiger partial charge in [0, 0.05) is 22.8 Å². The number of hydrogen-bond donors (Lipinski definition) is 3. The number of pyridine rings is 1. The van der Waals surface area contributed by atoms with E-state index in [-0.39, 0.29) is 23.5 Å². The lowest BCUT2D eigenvalue weighted by molar-refractivity contribution is -0.136. The Morgan fingerprint density at radius 3 is 2.12 bits per heavy atom. The minimum Gasteiger partial charge on any atom is -0.480 e. The molecule has 0 saturated carbocycles. The molecule has 2 heterocycles. The van der Waals surface area contributed by atoms with E-state index < -0.39 is 12.0 Å². The fourth-order valence-electron chi connectivity index (χ4n) is 6.01. The van der Waals surface area contributed by atoms with Crippen LogP contribution in [0.25, 0.3) is 5.52 Å². The molecule has 1 aromatic carbocycles. The zero-order valence-corrected chi connectivity index (χ0v) is 25.9. The average molecular weight is 576 g/mol. The zero-order chi connectivity index (χ0) is 30.7. The number of carbonyl (C=O) groups excluding carboxylic acids is 2. The molecule has 0 amide bonds. The number of hydrogen-bond acceptors (Lipinski definition) is 5. The second kappa shape index (κ2) is 15.8. The van der Waals surface area contributed by atoms with Gasteiger partial charge < -0.3 is 15.2 Å². The van der Waals surface area contributed by atoms with Gasteiger partial charge in [0.2, 0.25) is 5.78 Å².